The van der Waals surface area contributed by atoms with Crippen LogP contribution in [0.4, 0.5) is 20.2 Å². The van der Waals surface area contributed by atoms with E-state index in [1.165, 1.54) is 36.4 Å². The summed E-state index contributed by atoms with van der Waals surface area (Å²) in [6, 6.07) is 9.46. The molecule has 6 heterocycles. The SMILES string of the molecule is O=C(NCC[C@@H]1CCCO1)c1ccc2c(c1)NC(=O)c1cc(F)cn1S2(=O)=O.O=C(NCC[C@H]1CCCO1)c1ccc2c(c1)NC(=O)c1cc(F)cn1S2(=O)=O. The molecule has 4 amide bonds. The first-order chi connectivity index (χ1) is 26.7. The Morgan fingerprint density at radius 2 is 1.09 bits per heavy atom. The van der Waals surface area contributed by atoms with E-state index in [1.54, 1.807) is 0 Å². The Balaban J connectivity index is 0.000000172. The second-order valence-electron chi connectivity index (χ2n) is 13.4. The van der Waals surface area contributed by atoms with Crippen LogP contribution in [0.5, 0.6) is 0 Å². The number of rotatable bonds is 8. The van der Waals surface area contributed by atoms with Gasteiger partial charge in [0.1, 0.15) is 32.8 Å². The number of halogens is 2. The molecule has 2 atom stereocenters. The summed E-state index contributed by atoms with van der Waals surface area (Å²) in [6.07, 6.45) is 7.15. The van der Waals surface area contributed by atoms with Gasteiger partial charge in [-0.25, -0.2) is 33.6 Å². The molecule has 0 aliphatic carbocycles. The first kappa shape index (κ1) is 38.8. The van der Waals surface area contributed by atoms with Crippen molar-refractivity contribution >= 4 is 55.1 Å². The fraction of sp³-hybridized carbons (Fsp3) is 0.333. The number of hydrogen-bond acceptors (Lipinski definition) is 10. The van der Waals surface area contributed by atoms with Gasteiger partial charge in [0.15, 0.2) is 0 Å². The monoisotopic (exact) mass is 814 g/mol. The van der Waals surface area contributed by atoms with E-state index in [0.717, 1.165) is 63.4 Å². The van der Waals surface area contributed by atoms with Gasteiger partial charge in [0.05, 0.1) is 36.0 Å². The highest BCUT2D eigenvalue weighted by Crippen LogP contribution is 2.32. The number of aromatic nitrogens is 2. The van der Waals surface area contributed by atoms with Crippen molar-refractivity contribution < 1.29 is 54.3 Å². The summed E-state index contributed by atoms with van der Waals surface area (Å²) in [5.41, 5.74) is -0.312. The zero-order chi connectivity index (χ0) is 39.8. The number of anilines is 2. The zero-order valence-corrected chi connectivity index (χ0v) is 31.2. The molecular weight excluding hydrogens is 779 g/mol. The third-order valence-corrected chi connectivity index (χ3v) is 13.0. The number of ether oxygens (including phenoxy) is 2. The number of nitrogens with zero attached hydrogens (tertiary/aromatic N) is 2. The highest BCUT2D eigenvalue weighted by Gasteiger charge is 2.33. The van der Waals surface area contributed by atoms with Gasteiger partial charge in [-0.15, -0.1) is 0 Å². The fourth-order valence-electron chi connectivity index (χ4n) is 6.77. The maximum Gasteiger partial charge on any atom is 0.273 e. The highest BCUT2D eigenvalue weighted by atomic mass is 32.2. The molecule has 4 aliphatic rings. The van der Waals surface area contributed by atoms with E-state index >= 15 is 0 Å². The summed E-state index contributed by atoms with van der Waals surface area (Å²) in [6.45, 7) is 2.33. The quantitative estimate of drug-likeness (QED) is 0.203. The maximum absolute atomic E-state index is 13.5. The van der Waals surface area contributed by atoms with Gasteiger partial charge >= 0.3 is 0 Å². The third-order valence-electron chi connectivity index (χ3n) is 9.58. The molecule has 8 rings (SSSR count). The van der Waals surface area contributed by atoms with E-state index in [4.69, 9.17) is 9.47 Å². The van der Waals surface area contributed by atoms with Crippen LogP contribution >= 0.6 is 0 Å². The van der Waals surface area contributed by atoms with Crippen LogP contribution in [0.25, 0.3) is 0 Å². The average molecular weight is 815 g/mol. The Hall–Kier alpha value is -5.44. The van der Waals surface area contributed by atoms with E-state index in [0.29, 0.717) is 33.9 Å². The summed E-state index contributed by atoms with van der Waals surface area (Å²) in [5.74, 6) is -3.99. The molecule has 4 N–H and O–H groups in total. The molecule has 0 unspecified atom stereocenters. The van der Waals surface area contributed by atoms with Crippen LogP contribution in [0.2, 0.25) is 0 Å². The number of amides is 4. The van der Waals surface area contributed by atoms with Gasteiger partial charge in [-0.3, -0.25) is 19.2 Å². The van der Waals surface area contributed by atoms with Gasteiger partial charge < -0.3 is 30.7 Å². The summed E-state index contributed by atoms with van der Waals surface area (Å²) >= 11 is 0. The normalized spacial score (nSPS) is 20.0. The van der Waals surface area contributed by atoms with E-state index in [2.05, 4.69) is 21.3 Å². The van der Waals surface area contributed by atoms with Crippen molar-refractivity contribution in [3.63, 3.8) is 0 Å². The molecule has 16 nitrogen and oxygen atoms in total. The van der Waals surface area contributed by atoms with Crippen molar-refractivity contribution in [1.82, 2.24) is 18.6 Å². The summed E-state index contributed by atoms with van der Waals surface area (Å²) in [7, 11) is -8.35. The van der Waals surface area contributed by atoms with Crippen LogP contribution in [0.1, 0.15) is 80.2 Å². The van der Waals surface area contributed by atoms with Crippen molar-refractivity contribution in [2.45, 2.75) is 60.5 Å². The molecular formula is C36H36F2N6O10S2. The summed E-state index contributed by atoms with van der Waals surface area (Å²) in [5, 5.41) is 10.4. The molecule has 2 aromatic heterocycles. The molecule has 0 saturated carbocycles. The van der Waals surface area contributed by atoms with E-state index in [1.807, 2.05) is 0 Å². The van der Waals surface area contributed by atoms with Crippen molar-refractivity contribution in [3.05, 3.63) is 95.1 Å². The Morgan fingerprint density at radius 1 is 0.679 bits per heavy atom. The lowest BCUT2D eigenvalue weighted by Crippen LogP contribution is -2.27. The van der Waals surface area contributed by atoms with Gasteiger partial charge in [-0.2, -0.15) is 0 Å². The largest absolute Gasteiger partial charge is 0.378 e. The zero-order valence-electron chi connectivity index (χ0n) is 29.5. The highest BCUT2D eigenvalue weighted by molar-refractivity contribution is 7.90. The molecule has 2 aromatic carbocycles. The Labute approximate surface area is 319 Å². The average Bonchev–Trinajstić information content (AvgIpc) is 3.99. The second kappa shape index (κ2) is 15.6. The topological polar surface area (TPSA) is 213 Å². The molecule has 0 bridgehead atoms. The summed E-state index contributed by atoms with van der Waals surface area (Å²) < 4.78 is 90.2. The molecule has 0 radical (unpaired) electrons. The Kier molecular flexibility index (Phi) is 10.8. The molecule has 0 spiro atoms. The molecule has 56 heavy (non-hydrogen) atoms. The Bertz CT molecular complexity index is 2280. The number of carbonyl (C=O) groups excluding carboxylic acids is 4. The predicted molar refractivity (Wildman–Crippen MR) is 195 cm³/mol. The molecule has 2 fully saturated rings. The molecule has 4 aromatic rings. The lowest BCUT2D eigenvalue weighted by molar-refractivity contribution is 0.0897. The number of hydrogen-bond donors (Lipinski definition) is 4. The van der Waals surface area contributed by atoms with E-state index in [9.17, 15) is 44.8 Å². The van der Waals surface area contributed by atoms with Crippen LogP contribution < -0.4 is 21.3 Å². The van der Waals surface area contributed by atoms with Crippen LogP contribution in [-0.4, -0.2) is 86.9 Å². The minimum absolute atomic E-state index is 0.0270. The fourth-order valence-corrected chi connectivity index (χ4v) is 9.72. The Morgan fingerprint density at radius 3 is 1.46 bits per heavy atom. The summed E-state index contributed by atoms with van der Waals surface area (Å²) in [4.78, 5) is 48.9. The van der Waals surface area contributed by atoms with Crippen molar-refractivity contribution in [3.8, 4) is 0 Å². The van der Waals surface area contributed by atoms with Gasteiger partial charge in [0.25, 0.3) is 43.7 Å². The lowest BCUT2D eigenvalue weighted by atomic mass is 10.1. The number of nitrogens with one attached hydrogen (secondary N) is 4. The van der Waals surface area contributed by atoms with Gasteiger partial charge in [-0.05, 0) is 74.9 Å². The minimum atomic E-state index is -4.18. The second-order valence-corrected chi connectivity index (χ2v) is 16.9. The smallest absolute Gasteiger partial charge is 0.273 e. The molecule has 20 heteroatoms. The van der Waals surface area contributed by atoms with Crippen LogP contribution in [0.15, 0.2) is 70.7 Å². The van der Waals surface area contributed by atoms with Gasteiger partial charge in [0.2, 0.25) is 0 Å². The van der Waals surface area contributed by atoms with E-state index in [-0.39, 0.29) is 67.7 Å². The first-order valence-corrected chi connectivity index (χ1v) is 20.6. The van der Waals surface area contributed by atoms with Crippen molar-refractivity contribution in [1.29, 1.82) is 0 Å². The third kappa shape index (κ3) is 7.81. The van der Waals surface area contributed by atoms with E-state index < -0.39 is 43.5 Å². The maximum atomic E-state index is 13.5. The lowest BCUT2D eigenvalue weighted by Gasteiger charge is -2.12. The van der Waals surface area contributed by atoms with Gasteiger partial charge in [-0.1, -0.05) is 0 Å². The number of fused-ring (bicyclic) bond motifs is 4. The first-order valence-electron chi connectivity index (χ1n) is 17.7. The van der Waals surface area contributed by atoms with Crippen LogP contribution in [-0.2, 0) is 29.5 Å². The molecule has 4 aliphatic heterocycles. The predicted octanol–water partition coefficient (Wildman–Crippen LogP) is 3.46. The van der Waals surface area contributed by atoms with Crippen LogP contribution in [0, 0.1) is 11.6 Å². The van der Waals surface area contributed by atoms with Crippen molar-refractivity contribution in [2.75, 3.05) is 36.9 Å². The van der Waals surface area contributed by atoms with Gasteiger partial charge in [0, 0.05) is 49.6 Å². The molecule has 296 valence electrons. The van der Waals surface area contributed by atoms with Crippen LogP contribution in [0.3, 0.4) is 0 Å². The number of carbonyl (C=O) groups is 4. The standard InChI is InChI=1S/2C18H18FN3O5S/c2*19-12-9-15-18(24)21-14-8-11(3-4-16(14)28(25,26)22(15)10-12)17(23)20-6-5-13-2-1-7-27-13/h2*3-4,8-10,13H,1-2,5-7H2,(H,20,23)(H,21,24)/t2*13-/m10/s1. The minimum Gasteiger partial charge on any atom is -0.378 e. The van der Waals surface area contributed by atoms with Crippen molar-refractivity contribution in [2.24, 2.45) is 0 Å². The number of benzene rings is 2. The molecule has 2 saturated heterocycles.